The van der Waals surface area contributed by atoms with Crippen molar-refractivity contribution >= 4 is 17.9 Å². The van der Waals surface area contributed by atoms with Crippen molar-refractivity contribution < 1.29 is 29.3 Å². The molecule has 0 aliphatic carbocycles. The van der Waals surface area contributed by atoms with Crippen molar-refractivity contribution in [3.05, 3.63) is 0 Å². The Bertz CT molecular complexity index is 364. The molecular formula is C13H22O6. The Balaban J connectivity index is 5.24. The van der Waals surface area contributed by atoms with E-state index in [1.807, 2.05) is 0 Å². The molecule has 2 unspecified atom stereocenters. The van der Waals surface area contributed by atoms with Crippen molar-refractivity contribution in [1.29, 1.82) is 0 Å². The highest BCUT2D eigenvalue weighted by molar-refractivity contribution is 5.83. The number of carbonyl (C=O) groups is 3. The van der Waals surface area contributed by atoms with Gasteiger partial charge in [0.15, 0.2) is 0 Å². The summed E-state index contributed by atoms with van der Waals surface area (Å²) in [5, 5.41) is 18.1. The Morgan fingerprint density at radius 1 is 1.05 bits per heavy atom. The molecule has 2 atom stereocenters. The van der Waals surface area contributed by atoms with Gasteiger partial charge in [-0.25, -0.2) is 0 Å². The molecule has 0 aromatic heterocycles. The van der Waals surface area contributed by atoms with Crippen LogP contribution in [-0.2, 0) is 19.1 Å². The predicted octanol–water partition coefficient (Wildman–Crippen LogP) is 1.92. The van der Waals surface area contributed by atoms with Crippen molar-refractivity contribution in [3.8, 4) is 0 Å². The molecule has 110 valence electrons. The predicted molar refractivity (Wildman–Crippen MR) is 67.6 cm³/mol. The summed E-state index contributed by atoms with van der Waals surface area (Å²) in [6, 6.07) is 0. The van der Waals surface area contributed by atoms with Crippen molar-refractivity contribution in [1.82, 2.24) is 0 Å². The Labute approximate surface area is 112 Å². The van der Waals surface area contributed by atoms with Crippen LogP contribution in [0.15, 0.2) is 0 Å². The maximum absolute atomic E-state index is 11.9. The van der Waals surface area contributed by atoms with Gasteiger partial charge in [0.2, 0.25) is 0 Å². The van der Waals surface area contributed by atoms with Crippen LogP contribution in [0.25, 0.3) is 0 Å². The lowest BCUT2D eigenvalue weighted by Gasteiger charge is -2.33. The van der Waals surface area contributed by atoms with E-state index in [1.54, 1.807) is 20.8 Å². The van der Waals surface area contributed by atoms with Crippen LogP contribution in [0.4, 0.5) is 0 Å². The van der Waals surface area contributed by atoms with Gasteiger partial charge in [-0.15, -0.1) is 0 Å². The minimum Gasteiger partial charge on any atom is -0.481 e. The molecule has 0 heterocycles. The zero-order valence-corrected chi connectivity index (χ0v) is 11.9. The minimum absolute atomic E-state index is 0.0725. The molecule has 6 nitrogen and oxygen atoms in total. The largest absolute Gasteiger partial charge is 0.481 e. The van der Waals surface area contributed by atoms with Crippen LogP contribution in [0.1, 0.15) is 47.0 Å². The molecule has 0 aromatic rings. The van der Waals surface area contributed by atoms with Crippen molar-refractivity contribution in [2.45, 2.75) is 47.0 Å². The summed E-state index contributed by atoms with van der Waals surface area (Å²) in [7, 11) is 0. The Kier molecular flexibility index (Phi) is 5.99. The fourth-order valence-electron chi connectivity index (χ4n) is 2.06. The number of hydrogen-bond donors (Lipinski definition) is 2. The van der Waals surface area contributed by atoms with Crippen LogP contribution in [0.2, 0.25) is 0 Å². The number of carboxylic acid groups (broad SMARTS) is 2. The number of hydrogen-bond acceptors (Lipinski definition) is 4. The molecule has 0 aromatic carbocycles. The van der Waals surface area contributed by atoms with Gasteiger partial charge in [0.25, 0.3) is 0 Å². The van der Waals surface area contributed by atoms with E-state index >= 15 is 0 Å². The highest BCUT2D eigenvalue weighted by Gasteiger charge is 2.45. The normalized spacial score (nSPS) is 17.1. The van der Waals surface area contributed by atoms with E-state index in [4.69, 9.17) is 9.84 Å². The van der Waals surface area contributed by atoms with Gasteiger partial charge in [-0.2, -0.15) is 0 Å². The average molecular weight is 274 g/mol. The highest BCUT2D eigenvalue weighted by atomic mass is 16.5. The topological polar surface area (TPSA) is 101 Å². The van der Waals surface area contributed by atoms with Crippen LogP contribution in [0.3, 0.4) is 0 Å². The lowest BCUT2D eigenvalue weighted by atomic mass is 9.70. The first-order chi connectivity index (χ1) is 8.61. The van der Waals surface area contributed by atoms with E-state index in [-0.39, 0.29) is 13.0 Å². The van der Waals surface area contributed by atoms with E-state index < -0.39 is 35.2 Å². The summed E-state index contributed by atoms with van der Waals surface area (Å²) in [5.41, 5.74) is -2.50. The fourth-order valence-corrected chi connectivity index (χ4v) is 2.06. The first-order valence-corrected chi connectivity index (χ1v) is 6.23. The second-order valence-electron chi connectivity index (χ2n) is 5.25. The van der Waals surface area contributed by atoms with Crippen LogP contribution in [0.5, 0.6) is 0 Å². The van der Waals surface area contributed by atoms with Crippen molar-refractivity contribution in [3.63, 3.8) is 0 Å². The fraction of sp³-hybridized carbons (Fsp3) is 0.769. The molecule has 0 saturated heterocycles. The van der Waals surface area contributed by atoms with Crippen LogP contribution in [-0.4, -0.2) is 34.7 Å². The first kappa shape index (κ1) is 17.4. The molecule has 0 aliphatic heterocycles. The van der Waals surface area contributed by atoms with E-state index in [0.29, 0.717) is 6.42 Å². The molecule has 0 rings (SSSR count). The number of ether oxygens (including phenoxy) is 1. The van der Waals surface area contributed by atoms with Gasteiger partial charge in [0.05, 0.1) is 23.9 Å². The van der Waals surface area contributed by atoms with Crippen LogP contribution < -0.4 is 0 Å². The standard InChI is InChI=1S/C13H22O6/c1-5-12(3,11(18)19-6-2)8-13(4,10(16)17)7-9(14)15/h5-8H2,1-4H3,(H,14,15)(H,16,17). The summed E-state index contributed by atoms with van der Waals surface area (Å²) in [5.74, 6) is -2.92. The quantitative estimate of drug-likeness (QED) is 0.656. The summed E-state index contributed by atoms with van der Waals surface area (Å²) < 4.78 is 4.95. The smallest absolute Gasteiger partial charge is 0.311 e. The van der Waals surface area contributed by atoms with Gasteiger partial charge >= 0.3 is 17.9 Å². The average Bonchev–Trinajstić information content (AvgIpc) is 2.27. The van der Waals surface area contributed by atoms with Gasteiger partial charge in [-0.1, -0.05) is 6.92 Å². The number of rotatable bonds is 8. The molecule has 0 bridgehead atoms. The molecule has 0 radical (unpaired) electrons. The van der Waals surface area contributed by atoms with Gasteiger partial charge in [-0.3, -0.25) is 14.4 Å². The van der Waals surface area contributed by atoms with Crippen molar-refractivity contribution in [2.75, 3.05) is 6.61 Å². The third kappa shape index (κ3) is 4.54. The number of carbonyl (C=O) groups excluding carboxylic acids is 1. The number of carboxylic acids is 2. The molecule has 0 fully saturated rings. The summed E-state index contributed by atoms with van der Waals surface area (Å²) in [6.07, 6.45) is -0.220. The Morgan fingerprint density at radius 3 is 1.89 bits per heavy atom. The molecule has 6 heteroatoms. The lowest BCUT2D eigenvalue weighted by molar-refractivity contribution is -0.164. The third-order valence-corrected chi connectivity index (χ3v) is 3.39. The zero-order chi connectivity index (χ0) is 15.3. The maximum Gasteiger partial charge on any atom is 0.311 e. The summed E-state index contributed by atoms with van der Waals surface area (Å²) in [4.78, 5) is 34.0. The van der Waals surface area contributed by atoms with Crippen LogP contribution >= 0.6 is 0 Å². The summed E-state index contributed by atoms with van der Waals surface area (Å²) in [6.45, 7) is 6.57. The van der Waals surface area contributed by atoms with Gasteiger partial charge in [0.1, 0.15) is 0 Å². The van der Waals surface area contributed by atoms with E-state index in [1.165, 1.54) is 6.92 Å². The monoisotopic (exact) mass is 274 g/mol. The first-order valence-electron chi connectivity index (χ1n) is 6.23. The molecule has 0 saturated carbocycles. The number of esters is 1. The number of aliphatic carboxylic acids is 2. The molecule has 0 aliphatic rings. The van der Waals surface area contributed by atoms with E-state index in [9.17, 15) is 19.5 Å². The molecule has 0 amide bonds. The second kappa shape index (κ2) is 6.54. The lowest BCUT2D eigenvalue weighted by Crippen LogP contribution is -2.40. The highest BCUT2D eigenvalue weighted by Crippen LogP contribution is 2.40. The van der Waals surface area contributed by atoms with E-state index in [0.717, 1.165) is 0 Å². The van der Waals surface area contributed by atoms with Crippen LogP contribution in [0, 0.1) is 10.8 Å². The Hall–Kier alpha value is -1.59. The maximum atomic E-state index is 11.9. The summed E-state index contributed by atoms with van der Waals surface area (Å²) >= 11 is 0. The van der Waals surface area contributed by atoms with Gasteiger partial charge in [-0.05, 0) is 33.6 Å². The second-order valence-corrected chi connectivity index (χ2v) is 5.25. The van der Waals surface area contributed by atoms with Gasteiger partial charge in [0, 0.05) is 0 Å². The van der Waals surface area contributed by atoms with Gasteiger partial charge < -0.3 is 14.9 Å². The molecular weight excluding hydrogens is 252 g/mol. The Morgan fingerprint density at radius 2 is 1.58 bits per heavy atom. The van der Waals surface area contributed by atoms with E-state index in [2.05, 4.69) is 0 Å². The molecule has 2 N–H and O–H groups in total. The minimum atomic E-state index is -1.50. The SMILES string of the molecule is CCOC(=O)C(C)(CC)CC(C)(CC(=O)O)C(=O)O. The molecule has 19 heavy (non-hydrogen) atoms. The van der Waals surface area contributed by atoms with Crippen molar-refractivity contribution in [2.24, 2.45) is 10.8 Å². The third-order valence-electron chi connectivity index (χ3n) is 3.39. The molecule has 0 spiro atoms. The zero-order valence-electron chi connectivity index (χ0n) is 11.9.